The van der Waals surface area contributed by atoms with E-state index in [1.807, 2.05) is 24.3 Å². The molecule has 0 saturated carbocycles. The summed E-state index contributed by atoms with van der Waals surface area (Å²) >= 11 is 0. The molecule has 2 aromatic carbocycles. The highest BCUT2D eigenvalue weighted by atomic mass is 32.2. The van der Waals surface area contributed by atoms with E-state index in [0.717, 1.165) is 15.6 Å². The maximum Gasteiger partial charge on any atom is 0.253 e. The van der Waals surface area contributed by atoms with Crippen LogP contribution < -0.4 is 4.74 Å². The van der Waals surface area contributed by atoms with Crippen molar-refractivity contribution in [1.82, 2.24) is 9.21 Å². The molecular formula is C18H22N2O4S. The number of carbonyl (C=O) groups excluding carboxylic acids is 1. The van der Waals surface area contributed by atoms with Gasteiger partial charge < -0.3 is 9.64 Å². The summed E-state index contributed by atoms with van der Waals surface area (Å²) in [6, 6.07) is 13.4. The van der Waals surface area contributed by atoms with E-state index in [1.54, 1.807) is 19.1 Å². The van der Waals surface area contributed by atoms with Crippen LogP contribution in [0.2, 0.25) is 0 Å². The van der Waals surface area contributed by atoms with E-state index in [9.17, 15) is 13.2 Å². The summed E-state index contributed by atoms with van der Waals surface area (Å²) in [6.07, 6.45) is 0. The van der Waals surface area contributed by atoms with Crippen LogP contribution in [0, 0.1) is 0 Å². The first-order valence-corrected chi connectivity index (χ1v) is 9.10. The smallest absolute Gasteiger partial charge is 0.253 e. The summed E-state index contributed by atoms with van der Waals surface area (Å²) < 4.78 is 30.4. The van der Waals surface area contributed by atoms with Crippen LogP contribution in [0.3, 0.4) is 0 Å². The minimum absolute atomic E-state index is 0.159. The lowest BCUT2D eigenvalue weighted by molar-refractivity contribution is 0.0785. The molecule has 0 fully saturated rings. The van der Waals surface area contributed by atoms with E-state index >= 15 is 0 Å². The first-order valence-electron chi connectivity index (χ1n) is 7.66. The van der Waals surface area contributed by atoms with Gasteiger partial charge in [-0.3, -0.25) is 4.79 Å². The summed E-state index contributed by atoms with van der Waals surface area (Å²) in [5, 5.41) is 0. The molecular weight excluding hydrogens is 340 g/mol. The zero-order chi connectivity index (χ0) is 18.6. The van der Waals surface area contributed by atoms with Crippen LogP contribution in [-0.4, -0.2) is 51.8 Å². The molecule has 0 aliphatic rings. The number of rotatable bonds is 6. The van der Waals surface area contributed by atoms with E-state index < -0.39 is 10.0 Å². The Kier molecular flexibility index (Phi) is 5.81. The zero-order valence-electron chi connectivity index (χ0n) is 14.8. The molecule has 0 spiro atoms. The Morgan fingerprint density at radius 1 is 0.960 bits per heavy atom. The summed E-state index contributed by atoms with van der Waals surface area (Å²) in [7, 11) is 2.75. The fourth-order valence-corrected chi connectivity index (χ4v) is 3.18. The Labute approximate surface area is 148 Å². The highest BCUT2D eigenvalue weighted by Gasteiger charge is 2.18. The van der Waals surface area contributed by atoms with Crippen LogP contribution in [0.5, 0.6) is 5.75 Å². The van der Waals surface area contributed by atoms with Crippen molar-refractivity contribution in [2.24, 2.45) is 0 Å². The van der Waals surface area contributed by atoms with Crippen LogP contribution in [0.1, 0.15) is 15.9 Å². The minimum atomic E-state index is -3.50. The third kappa shape index (κ3) is 4.37. The molecule has 2 rings (SSSR count). The van der Waals surface area contributed by atoms with Gasteiger partial charge in [-0.05, 0) is 42.0 Å². The average Bonchev–Trinajstić information content (AvgIpc) is 2.61. The standard InChI is InChI=1S/C18H22N2O4S/c1-19(2)25(22,23)17-11-7-15(8-12-17)18(21)20(3)13-14-5-9-16(24-4)10-6-14/h5-12H,13H2,1-4H3. The molecule has 0 saturated heterocycles. The second kappa shape index (κ2) is 7.67. The first kappa shape index (κ1) is 19.0. The van der Waals surface area contributed by atoms with E-state index in [4.69, 9.17) is 4.74 Å². The van der Waals surface area contributed by atoms with Gasteiger partial charge in [0.05, 0.1) is 12.0 Å². The molecule has 0 bridgehead atoms. The second-order valence-corrected chi connectivity index (χ2v) is 7.97. The van der Waals surface area contributed by atoms with Crippen molar-refractivity contribution in [2.45, 2.75) is 11.4 Å². The predicted octanol–water partition coefficient (Wildman–Crippen LogP) is 2.22. The molecule has 0 aromatic heterocycles. The quantitative estimate of drug-likeness (QED) is 0.790. The Balaban J connectivity index is 2.11. The highest BCUT2D eigenvalue weighted by Crippen LogP contribution is 2.16. The van der Waals surface area contributed by atoms with Crippen molar-refractivity contribution < 1.29 is 17.9 Å². The van der Waals surface area contributed by atoms with Gasteiger partial charge in [-0.15, -0.1) is 0 Å². The molecule has 1 amide bonds. The molecule has 0 atom stereocenters. The summed E-state index contributed by atoms with van der Waals surface area (Å²) in [6.45, 7) is 0.445. The Hall–Kier alpha value is -2.38. The van der Waals surface area contributed by atoms with Crippen molar-refractivity contribution in [3.8, 4) is 5.75 Å². The number of methoxy groups -OCH3 is 1. The fraction of sp³-hybridized carbons (Fsp3) is 0.278. The lowest BCUT2D eigenvalue weighted by Crippen LogP contribution is -2.26. The van der Waals surface area contributed by atoms with Gasteiger partial charge in [-0.1, -0.05) is 12.1 Å². The number of carbonyl (C=O) groups is 1. The summed E-state index contributed by atoms with van der Waals surface area (Å²) in [5.41, 5.74) is 1.41. The summed E-state index contributed by atoms with van der Waals surface area (Å²) in [4.78, 5) is 14.2. The lowest BCUT2D eigenvalue weighted by Gasteiger charge is -2.18. The van der Waals surface area contributed by atoms with E-state index in [2.05, 4.69) is 0 Å². The SMILES string of the molecule is COc1ccc(CN(C)C(=O)c2ccc(S(=O)(=O)N(C)C)cc2)cc1. The van der Waals surface area contributed by atoms with Gasteiger partial charge in [-0.2, -0.15) is 0 Å². The molecule has 0 heterocycles. The van der Waals surface area contributed by atoms with Crippen molar-refractivity contribution in [2.75, 3.05) is 28.3 Å². The number of hydrogen-bond donors (Lipinski definition) is 0. The molecule has 6 nitrogen and oxygen atoms in total. The van der Waals surface area contributed by atoms with Crippen LogP contribution in [-0.2, 0) is 16.6 Å². The third-order valence-electron chi connectivity index (χ3n) is 3.81. The van der Waals surface area contributed by atoms with Crippen LogP contribution >= 0.6 is 0 Å². The molecule has 7 heteroatoms. The molecule has 0 unspecified atom stereocenters. The number of hydrogen-bond acceptors (Lipinski definition) is 4. The maximum absolute atomic E-state index is 12.5. The molecule has 2 aromatic rings. The minimum Gasteiger partial charge on any atom is -0.497 e. The third-order valence-corrected chi connectivity index (χ3v) is 5.63. The second-order valence-electron chi connectivity index (χ2n) is 5.82. The normalized spacial score (nSPS) is 11.4. The van der Waals surface area contributed by atoms with Gasteiger partial charge in [0.1, 0.15) is 5.75 Å². The van der Waals surface area contributed by atoms with Gasteiger partial charge in [0.25, 0.3) is 5.91 Å². The molecule has 25 heavy (non-hydrogen) atoms. The van der Waals surface area contributed by atoms with E-state index in [1.165, 1.54) is 38.4 Å². The fourth-order valence-electron chi connectivity index (χ4n) is 2.28. The number of sulfonamides is 1. The lowest BCUT2D eigenvalue weighted by atomic mass is 10.1. The molecule has 0 aliphatic heterocycles. The van der Waals surface area contributed by atoms with Crippen LogP contribution in [0.15, 0.2) is 53.4 Å². The van der Waals surface area contributed by atoms with E-state index in [-0.39, 0.29) is 10.8 Å². The topological polar surface area (TPSA) is 66.9 Å². The molecule has 0 radical (unpaired) electrons. The Morgan fingerprint density at radius 2 is 1.52 bits per heavy atom. The first-order chi connectivity index (χ1) is 11.8. The monoisotopic (exact) mass is 362 g/mol. The van der Waals surface area contributed by atoms with Crippen molar-refractivity contribution in [1.29, 1.82) is 0 Å². The van der Waals surface area contributed by atoms with Gasteiger partial charge in [0, 0.05) is 33.3 Å². The average molecular weight is 362 g/mol. The maximum atomic E-state index is 12.5. The highest BCUT2D eigenvalue weighted by molar-refractivity contribution is 7.89. The number of benzene rings is 2. The molecule has 134 valence electrons. The molecule has 0 aliphatic carbocycles. The molecule has 0 N–H and O–H groups in total. The van der Waals surface area contributed by atoms with Crippen molar-refractivity contribution in [3.05, 3.63) is 59.7 Å². The van der Waals surface area contributed by atoms with Gasteiger partial charge in [0.2, 0.25) is 10.0 Å². The van der Waals surface area contributed by atoms with E-state index in [0.29, 0.717) is 12.1 Å². The Bertz CT molecular complexity index is 828. The van der Waals surface area contributed by atoms with Crippen molar-refractivity contribution >= 4 is 15.9 Å². The largest absolute Gasteiger partial charge is 0.497 e. The number of amides is 1. The number of ether oxygens (including phenoxy) is 1. The van der Waals surface area contributed by atoms with Gasteiger partial charge in [0.15, 0.2) is 0 Å². The summed E-state index contributed by atoms with van der Waals surface area (Å²) in [5.74, 6) is 0.583. The zero-order valence-corrected chi connectivity index (χ0v) is 15.6. The van der Waals surface area contributed by atoms with Crippen LogP contribution in [0.4, 0.5) is 0 Å². The van der Waals surface area contributed by atoms with Gasteiger partial charge >= 0.3 is 0 Å². The van der Waals surface area contributed by atoms with Crippen molar-refractivity contribution in [3.63, 3.8) is 0 Å². The Morgan fingerprint density at radius 3 is 2.00 bits per heavy atom. The van der Waals surface area contributed by atoms with Crippen LogP contribution in [0.25, 0.3) is 0 Å². The number of nitrogens with zero attached hydrogens (tertiary/aromatic N) is 2. The predicted molar refractivity (Wildman–Crippen MR) is 96.1 cm³/mol. The van der Waals surface area contributed by atoms with Gasteiger partial charge in [-0.25, -0.2) is 12.7 Å².